The van der Waals surface area contributed by atoms with Crippen molar-refractivity contribution >= 4 is 11.8 Å². The Bertz CT molecular complexity index is 316. The molecule has 0 N–H and O–H groups in total. The molecule has 69 valence electrons. The standard InChI is InChI=1S/C8H7FNO3/c1-13-7-4-2-3-6(5-7)10(9)8(11)12/h2-5H,1H3. The van der Waals surface area contributed by atoms with Crippen LogP contribution in [0.2, 0.25) is 0 Å². The summed E-state index contributed by atoms with van der Waals surface area (Å²) in [5.74, 6) is 0.376. The Kier molecular flexibility index (Phi) is 2.69. The number of halogens is 1. The van der Waals surface area contributed by atoms with Crippen molar-refractivity contribution in [2.45, 2.75) is 0 Å². The first-order chi connectivity index (χ1) is 6.15. The summed E-state index contributed by atoms with van der Waals surface area (Å²) in [6, 6.07) is 5.59. The Morgan fingerprint density at radius 2 is 2.23 bits per heavy atom. The summed E-state index contributed by atoms with van der Waals surface area (Å²) in [5.41, 5.74) is -0.139. The molecule has 0 aliphatic rings. The van der Waals surface area contributed by atoms with Crippen molar-refractivity contribution in [3.05, 3.63) is 24.3 Å². The van der Waals surface area contributed by atoms with Crippen molar-refractivity contribution in [3.8, 4) is 5.75 Å². The van der Waals surface area contributed by atoms with E-state index in [4.69, 9.17) is 4.74 Å². The van der Waals surface area contributed by atoms with E-state index >= 15 is 0 Å². The molecule has 0 atom stereocenters. The minimum Gasteiger partial charge on any atom is -0.497 e. The third-order valence-corrected chi connectivity index (χ3v) is 1.44. The minimum absolute atomic E-state index is 0.139. The number of nitrogens with zero attached hydrogens (tertiary/aromatic N) is 1. The van der Waals surface area contributed by atoms with Gasteiger partial charge < -0.3 is 4.74 Å². The van der Waals surface area contributed by atoms with E-state index < -0.39 is 11.2 Å². The van der Waals surface area contributed by atoms with Crippen LogP contribution in [0.4, 0.5) is 15.0 Å². The zero-order chi connectivity index (χ0) is 9.84. The number of hydrogen-bond acceptors (Lipinski definition) is 2. The number of carbonyl (C=O) groups is 1. The quantitative estimate of drug-likeness (QED) is 0.659. The molecule has 1 radical (unpaired) electrons. The molecule has 0 aromatic heterocycles. The maximum absolute atomic E-state index is 12.7. The van der Waals surface area contributed by atoms with Gasteiger partial charge in [0.15, 0.2) is 0 Å². The number of carbonyl (C=O) groups excluding carboxylic acids is 1. The van der Waals surface area contributed by atoms with Crippen LogP contribution in [0.1, 0.15) is 0 Å². The fraction of sp³-hybridized carbons (Fsp3) is 0.125. The second-order valence-electron chi connectivity index (χ2n) is 2.25. The van der Waals surface area contributed by atoms with E-state index in [1.807, 2.05) is 0 Å². The Labute approximate surface area is 74.1 Å². The summed E-state index contributed by atoms with van der Waals surface area (Å²) in [6.07, 6.45) is -1.91. The van der Waals surface area contributed by atoms with Gasteiger partial charge >= 0.3 is 6.09 Å². The highest BCUT2D eigenvalue weighted by molar-refractivity contribution is 5.83. The van der Waals surface area contributed by atoms with Crippen LogP contribution in [0.25, 0.3) is 0 Å². The van der Waals surface area contributed by atoms with Crippen molar-refractivity contribution in [1.82, 2.24) is 0 Å². The Morgan fingerprint density at radius 1 is 1.54 bits per heavy atom. The SMILES string of the molecule is COc1cccc(N(F)C([O])=O)c1. The molecular formula is C8H7FNO3. The third kappa shape index (κ3) is 2.08. The average molecular weight is 184 g/mol. The first-order valence-electron chi connectivity index (χ1n) is 3.46. The molecule has 0 aliphatic carbocycles. The van der Waals surface area contributed by atoms with Crippen molar-refractivity contribution in [1.29, 1.82) is 0 Å². The number of ether oxygens (including phenoxy) is 1. The van der Waals surface area contributed by atoms with E-state index in [0.717, 1.165) is 0 Å². The van der Waals surface area contributed by atoms with Gasteiger partial charge in [0.05, 0.1) is 12.8 Å². The second kappa shape index (κ2) is 3.75. The van der Waals surface area contributed by atoms with Crippen LogP contribution in [0, 0.1) is 0 Å². The molecule has 0 saturated carbocycles. The van der Waals surface area contributed by atoms with E-state index in [1.165, 1.54) is 25.3 Å². The van der Waals surface area contributed by atoms with Crippen molar-refractivity contribution in [3.63, 3.8) is 0 Å². The first kappa shape index (κ1) is 9.31. The van der Waals surface area contributed by atoms with Crippen molar-refractivity contribution in [2.24, 2.45) is 0 Å². The molecule has 0 spiro atoms. The predicted molar refractivity (Wildman–Crippen MR) is 42.7 cm³/mol. The van der Waals surface area contributed by atoms with Gasteiger partial charge in [0.2, 0.25) is 0 Å². The molecule has 0 unspecified atom stereocenters. The van der Waals surface area contributed by atoms with Crippen LogP contribution in [0.3, 0.4) is 0 Å². The smallest absolute Gasteiger partial charge is 0.485 e. The number of anilines is 1. The number of rotatable bonds is 2. The lowest BCUT2D eigenvalue weighted by atomic mass is 10.3. The molecule has 1 rings (SSSR count). The summed E-state index contributed by atoms with van der Waals surface area (Å²) in [7, 11) is 1.40. The highest BCUT2D eigenvalue weighted by Crippen LogP contribution is 2.21. The summed E-state index contributed by atoms with van der Waals surface area (Å²) < 4.78 is 17.5. The van der Waals surface area contributed by atoms with Crippen LogP contribution in [-0.4, -0.2) is 13.2 Å². The van der Waals surface area contributed by atoms with Gasteiger partial charge in [-0.3, -0.25) is 0 Å². The van der Waals surface area contributed by atoms with Crippen LogP contribution < -0.4 is 9.86 Å². The fourth-order valence-corrected chi connectivity index (χ4v) is 0.838. The van der Waals surface area contributed by atoms with E-state index in [1.54, 1.807) is 6.07 Å². The van der Waals surface area contributed by atoms with Gasteiger partial charge in [-0.05, 0) is 12.1 Å². The second-order valence-corrected chi connectivity index (χ2v) is 2.25. The van der Waals surface area contributed by atoms with Gasteiger partial charge in [-0.25, -0.2) is 9.90 Å². The number of methoxy groups -OCH3 is 1. The molecule has 0 bridgehead atoms. The largest absolute Gasteiger partial charge is 0.497 e. The molecule has 0 aliphatic heterocycles. The van der Waals surface area contributed by atoms with Crippen LogP contribution >= 0.6 is 0 Å². The minimum atomic E-state index is -1.91. The normalized spacial score (nSPS) is 9.38. The van der Waals surface area contributed by atoms with E-state index in [0.29, 0.717) is 5.75 Å². The average Bonchev–Trinajstić information content (AvgIpc) is 2.16. The third-order valence-electron chi connectivity index (χ3n) is 1.44. The summed E-state index contributed by atoms with van der Waals surface area (Å²) in [6.45, 7) is 0. The molecule has 5 heteroatoms. The highest BCUT2D eigenvalue weighted by atomic mass is 19.2. The van der Waals surface area contributed by atoms with Gasteiger partial charge in [-0.15, -0.1) is 5.12 Å². The van der Waals surface area contributed by atoms with Gasteiger partial charge in [0.25, 0.3) is 0 Å². The number of benzene rings is 1. The molecule has 1 amide bonds. The lowest BCUT2D eigenvalue weighted by Gasteiger charge is -2.07. The molecule has 0 saturated heterocycles. The molecular weight excluding hydrogens is 177 g/mol. The molecule has 0 fully saturated rings. The van der Waals surface area contributed by atoms with Gasteiger partial charge in [-0.1, -0.05) is 10.5 Å². The van der Waals surface area contributed by atoms with Crippen LogP contribution in [0.5, 0.6) is 5.75 Å². The summed E-state index contributed by atoms with van der Waals surface area (Å²) in [5, 5.41) is 9.61. The Balaban J connectivity index is 2.94. The fourth-order valence-electron chi connectivity index (χ4n) is 0.838. The van der Waals surface area contributed by atoms with Crippen LogP contribution in [-0.2, 0) is 5.11 Å². The van der Waals surface area contributed by atoms with Gasteiger partial charge in [0.1, 0.15) is 5.75 Å². The Morgan fingerprint density at radius 3 is 2.77 bits per heavy atom. The molecule has 13 heavy (non-hydrogen) atoms. The van der Waals surface area contributed by atoms with E-state index in [9.17, 15) is 14.4 Å². The van der Waals surface area contributed by atoms with Crippen molar-refractivity contribution in [2.75, 3.05) is 12.2 Å². The molecule has 1 aromatic carbocycles. The summed E-state index contributed by atoms with van der Waals surface area (Å²) in [4.78, 5) is 10.1. The van der Waals surface area contributed by atoms with Gasteiger partial charge in [0, 0.05) is 6.07 Å². The maximum atomic E-state index is 12.7. The summed E-state index contributed by atoms with van der Waals surface area (Å²) >= 11 is 0. The number of amides is 1. The van der Waals surface area contributed by atoms with E-state index in [-0.39, 0.29) is 5.69 Å². The lowest BCUT2D eigenvalue weighted by molar-refractivity contribution is 0.161. The molecule has 0 heterocycles. The zero-order valence-corrected chi connectivity index (χ0v) is 6.86. The number of hydrogen-bond donors (Lipinski definition) is 0. The van der Waals surface area contributed by atoms with E-state index in [2.05, 4.69) is 0 Å². The predicted octanol–water partition coefficient (Wildman–Crippen LogP) is 1.94. The lowest BCUT2D eigenvalue weighted by Crippen LogP contribution is -2.17. The van der Waals surface area contributed by atoms with Crippen molar-refractivity contribution < 1.29 is 19.1 Å². The Hall–Kier alpha value is -1.78. The first-order valence-corrected chi connectivity index (χ1v) is 3.46. The molecule has 1 aromatic rings. The monoisotopic (exact) mass is 184 g/mol. The maximum Gasteiger partial charge on any atom is 0.485 e. The molecule has 4 nitrogen and oxygen atoms in total. The van der Waals surface area contributed by atoms with Gasteiger partial charge in [-0.2, -0.15) is 0 Å². The highest BCUT2D eigenvalue weighted by Gasteiger charge is 2.15. The van der Waals surface area contributed by atoms with Crippen LogP contribution in [0.15, 0.2) is 24.3 Å². The topological polar surface area (TPSA) is 49.4 Å². The zero-order valence-electron chi connectivity index (χ0n) is 6.86.